The largest absolute Gasteiger partial charge is 0.386 e. The van der Waals surface area contributed by atoms with Crippen LogP contribution in [0, 0.1) is 15.9 Å². The third-order valence-electron chi connectivity index (χ3n) is 3.53. The predicted molar refractivity (Wildman–Crippen MR) is 90.6 cm³/mol. The molecular formula is C17H18FN3O4. The molecule has 0 aromatic heterocycles. The summed E-state index contributed by atoms with van der Waals surface area (Å²) in [5.41, 5.74) is 0.366. The molecule has 25 heavy (non-hydrogen) atoms. The third kappa shape index (κ3) is 5.25. The lowest BCUT2D eigenvalue weighted by Gasteiger charge is -2.13. The fourth-order valence-corrected chi connectivity index (χ4v) is 2.25. The number of hydrogen-bond acceptors (Lipinski definition) is 5. The summed E-state index contributed by atoms with van der Waals surface area (Å²) >= 11 is 0. The molecule has 0 fully saturated rings. The average molecular weight is 347 g/mol. The van der Waals surface area contributed by atoms with Crippen molar-refractivity contribution in [2.24, 2.45) is 0 Å². The molecule has 1 atom stereocenters. The van der Waals surface area contributed by atoms with E-state index in [1.807, 2.05) is 0 Å². The van der Waals surface area contributed by atoms with Gasteiger partial charge < -0.3 is 15.7 Å². The number of anilines is 1. The number of hydrogen-bond donors (Lipinski definition) is 3. The number of aliphatic hydroxyl groups is 1. The van der Waals surface area contributed by atoms with Crippen LogP contribution in [0.2, 0.25) is 0 Å². The Hall–Kier alpha value is -3.00. The molecular weight excluding hydrogens is 329 g/mol. The van der Waals surface area contributed by atoms with Gasteiger partial charge in [0.05, 0.1) is 11.0 Å². The number of carbonyl (C=O) groups excluding carboxylic acids is 1. The van der Waals surface area contributed by atoms with Crippen LogP contribution in [0.15, 0.2) is 48.5 Å². The van der Waals surface area contributed by atoms with Gasteiger partial charge in [0, 0.05) is 31.1 Å². The van der Waals surface area contributed by atoms with Gasteiger partial charge in [0.25, 0.3) is 5.69 Å². The van der Waals surface area contributed by atoms with Crippen molar-refractivity contribution in [2.75, 3.05) is 18.4 Å². The highest BCUT2D eigenvalue weighted by molar-refractivity contribution is 5.76. The number of aliphatic hydroxyl groups excluding tert-OH is 1. The molecule has 0 bridgehead atoms. The van der Waals surface area contributed by atoms with Gasteiger partial charge in [-0.1, -0.05) is 30.3 Å². The average Bonchev–Trinajstić information content (AvgIpc) is 2.60. The van der Waals surface area contributed by atoms with E-state index in [9.17, 15) is 24.4 Å². The molecule has 0 heterocycles. The Kier molecular flexibility index (Phi) is 6.41. The van der Waals surface area contributed by atoms with Gasteiger partial charge >= 0.3 is 0 Å². The quantitative estimate of drug-likeness (QED) is 0.502. The highest BCUT2D eigenvalue weighted by atomic mass is 19.1. The molecule has 7 nitrogen and oxygen atoms in total. The van der Waals surface area contributed by atoms with E-state index in [1.54, 1.807) is 24.3 Å². The number of para-hydroxylation sites is 2. The molecule has 0 aliphatic rings. The van der Waals surface area contributed by atoms with Crippen LogP contribution < -0.4 is 10.6 Å². The van der Waals surface area contributed by atoms with Crippen LogP contribution in [-0.4, -0.2) is 29.0 Å². The monoisotopic (exact) mass is 347 g/mol. The number of nitrogens with zero attached hydrogens (tertiary/aromatic N) is 1. The van der Waals surface area contributed by atoms with E-state index in [4.69, 9.17) is 0 Å². The third-order valence-corrected chi connectivity index (χ3v) is 3.53. The van der Waals surface area contributed by atoms with Crippen molar-refractivity contribution in [3.8, 4) is 0 Å². The molecule has 0 radical (unpaired) electrons. The lowest BCUT2D eigenvalue weighted by molar-refractivity contribution is -0.384. The molecule has 2 rings (SSSR count). The minimum Gasteiger partial charge on any atom is -0.386 e. The van der Waals surface area contributed by atoms with Gasteiger partial charge in [-0.3, -0.25) is 14.9 Å². The summed E-state index contributed by atoms with van der Waals surface area (Å²) in [7, 11) is 0. The Morgan fingerprint density at radius 3 is 2.60 bits per heavy atom. The topological polar surface area (TPSA) is 104 Å². The van der Waals surface area contributed by atoms with Gasteiger partial charge in [0.15, 0.2) is 0 Å². The zero-order valence-corrected chi connectivity index (χ0v) is 13.3. The fraction of sp³-hybridized carbons (Fsp3) is 0.235. The summed E-state index contributed by atoms with van der Waals surface area (Å²) in [6.45, 7) is 0.0672. The number of nitrogens with one attached hydrogen (secondary N) is 2. The molecule has 0 spiro atoms. The number of carbonyl (C=O) groups is 1. The molecule has 0 saturated heterocycles. The highest BCUT2D eigenvalue weighted by Crippen LogP contribution is 2.22. The number of nitro groups is 1. The molecule has 132 valence electrons. The van der Waals surface area contributed by atoms with Gasteiger partial charge in [-0.25, -0.2) is 4.39 Å². The normalized spacial score (nSPS) is 11.6. The van der Waals surface area contributed by atoms with E-state index in [2.05, 4.69) is 10.6 Å². The second-order valence-corrected chi connectivity index (χ2v) is 5.29. The van der Waals surface area contributed by atoms with Crippen LogP contribution in [0.25, 0.3) is 0 Å². The minimum atomic E-state index is -1.15. The van der Waals surface area contributed by atoms with E-state index in [-0.39, 0.29) is 36.7 Å². The van der Waals surface area contributed by atoms with Crippen molar-refractivity contribution in [1.29, 1.82) is 0 Å². The van der Waals surface area contributed by atoms with Gasteiger partial charge in [0.2, 0.25) is 5.91 Å². The van der Waals surface area contributed by atoms with Crippen LogP contribution >= 0.6 is 0 Å². The number of amides is 1. The molecule has 3 N–H and O–H groups in total. The van der Waals surface area contributed by atoms with Crippen molar-refractivity contribution in [1.82, 2.24) is 5.32 Å². The number of nitro benzene ring substituents is 1. The van der Waals surface area contributed by atoms with E-state index >= 15 is 0 Å². The van der Waals surface area contributed by atoms with Gasteiger partial charge in [-0.05, 0) is 12.1 Å². The number of benzene rings is 2. The SMILES string of the molecule is O=C(CCNc1ccccc1[N+](=O)[O-])NCC(O)c1ccccc1F. The van der Waals surface area contributed by atoms with E-state index in [1.165, 1.54) is 24.3 Å². The molecule has 1 unspecified atom stereocenters. The summed E-state index contributed by atoms with van der Waals surface area (Å²) in [5.74, 6) is -0.899. The highest BCUT2D eigenvalue weighted by Gasteiger charge is 2.14. The first-order valence-corrected chi connectivity index (χ1v) is 7.65. The van der Waals surface area contributed by atoms with Crippen molar-refractivity contribution < 1.29 is 19.2 Å². The Morgan fingerprint density at radius 1 is 1.20 bits per heavy atom. The molecule has 0 saturated carbocycles. The Morgan fingerprint density at radius 2 is 1.88 bits per heavy atom. The lowest BCUT2D eigenvalue weighted by Crippen LogP contribution is -2.30. The van der Waals surface area contributed by atoms with Gasteiger partial charge in [-0.15, -0.1) is 0 Å². The molecule has 2 aromatic carbocycles. The smallest absolute Gasteiger partial charge is 0.292 e. The van der Waals surface area contributed by atoms with E-state index in [0.29, 0.717) is 5.69 Å². The zero-order chi connectivity index (χ0) is 18.2. The molecule has 0 aliphatic heterocycles. The maximum Gasteiger partial charge on any atom is 0.292 e. The predicted octanol–water partition coefficient (Wildman–Crippen LogP) is 2.39. The second kappa shape index (κ2) is 8.74. The van der Waals surface area contributed by atoms with Crippen LogP contribution in [-0.2, 0) is 4.79 Å². The Bertz CT molecular complexity index is 754. The Balaban J connectivity index is 1.78. The summed E-state index contributed by atoms with van der Waals surface area (Å²) in [5, 5.41) is 26.1. The van der Waals surface area contributed by atoms with Crippen molar-refractivity contribution in [3.63, 3.8) is 0 Å². The molecule has 2 aromatic rings. The second-order valence-electron chi connectivity index (χ2n) is 5.29. The van der Waals surface area contributed by atoms with Gasteiger partial charge in [0.1, 0.15) is 11.5 Å². The number of rotatable bonds is 8. The van der Waals surface area contributed by atoms with Crippen LogP contribution in [0.1, 0.15) is 18.1 Å². The standard InChI is InChI=1S/C17H18FN3O4/c18-13-6-2-1-5-12(13)16(22)11-20-17(23)9-10-19-14-7-3-4-8-15(14)21(24)25/h1-8,16,19,22H,9-11H2,(H,20,23). The first-order valence-electron chi connectivity index (χ1n) is 7.65. The maximum atomic E-state index is 13.5. The fourth-order valence-electron chi connectivity index (χ4n) is 2.25. The van der Waals surface area contributed by atoms with Crippen LogP contribution in [0.5, 0.6) is 0 Å². The first kappa shape index (κ1) is 18.3. The molecule has 0 aliphatic carbocycles. The summed E-state index contributed by atoms with van der Waals surface area (Å²) in [6.07, 6.45) is -1.09. The summed E-state index contributed by atoms with van der Waals surface area (Å²) < 4.78 is 13.5. The first-order chi connectivity index (χ1) is 12.0. The van der Waals surface area contributed by atoms with E-state index < -0.39 is 16.8 Å². The Labute approximate surface area is 143 Å². The van der Waals surface area contributed by atoms with Crippen LogP contribution in [0.3, 0.4) is 0 Å². The van der Waals surface area contributed by atoms with Gasteiger partial charge in [-0.2, -0.15) is 0 Å². The van der Waals surface area contributed by atoms with Crippen molar-refractivity contribution >= 4 is 17.3 Å². The lowest BCUT2D eigenvalue weighted by atomic mass is 10.1. The van der Waals surface area contributed by atoms with Crippen molar-refractivity contribution in [3.05, 3.63) is 70.0 Å². The molecule has 1 amide bonds. The minimum absolute atomic E-state index is 0.0516. The summed E-state index contributed by atoms with van der Waals surface area (Å²) in [6, 6.07) is 11.9. The zero-order valence-electron chi connectivity index (χ0n) is 13.3. The summed E-state index contributed by atoms with van der Waals surface area (Å²) in [4.78, 5) is 22.2. The number of halogens is 1. The van der Waals surface area contributed by atoms with Crippen LogP contribution in [0.4, 0.5) is 15.8 Å². The van der Waals surface area contributed by atoms with E-state index in [0.717, 1.165) is 0 Å². The van der Waals surface area contributed by atoms with Crippen molar-refractivity contribution in [2.45, 2.75) is 12.5 Å². The maximum absolute atomic E-state index is 13.5. The molecule has 8 heteroatoms.